The lowest BCUT2D eigenvalue weighted by atomic mass is 9.82. The maximum atomic E-state index is 7.10. The summed E-state index contributed by atoms with van der Waals surface area (Å²) in [6, 6.07) is 54.6. The predicted molar refractivity (Wildman–Crippen MR) is 235 cm³/mol. The Morgan fingerprint density at radius 1 is 0.446 bits per heavy atom. The normalized spacial score (nSPS) is 16.4. The molecule has 1 aromatic heterocycles. The van der Waals surface area contributed by atoms with Gasteiger partial charge >= 0.3 is 0 Å². The number of hydrogen-bond donors (Lipinski definition) is 0. The third kappa shape index (κ3) is 4.81. The van der Waals surface area contributed by atoms with Crippen LogP contribution in [0.5, 0.6) is 0 Å². The van der Waals surface area contributed by atoms with Crippen molar-refractivity contribution < 1.29 is 4.42 Å². The van der Waals surface area contributed by atoms with E-state index in [0.29, 0.717) is 5.92 Å². The number of para-hydroxylation sites is 3. The Bertz CT molecular complexity index is 2750. The Balaban J connectivity index is 1.13. The van der Waals surface area contributed by atoms with Crippen LogP contribution in [0.15, 0.2) is 150 Å². The molecule has 2 nitrogen and oxygen atoms in total. The Kier molecular flexibility index (Phi) is 7.37. The van der Waals surface area contributed by atoms with Gasteiger partial charge in [-0.05, 0) is 99.2 Å². The maximum absolute atomic E-state index is 7.10. The molecule has 8 aromatic rings. The number of rotatable bonds is 5. The lowest BCUT2D eigenvalue weighted by Gasteiger charge is -2.31. The summed E-state index contributed by atoms with van der Waals surface area (Å²) < 4.78 is 7.10. The Hall–Kier alpha value is -5.86. The van der Waals surface area contributed by atoms with Gasteiger partial charge in [0, 0.05) is 44.1 Å². The van der Waals surface area contributed by atoms with Crippen molar-refractivity contribution in [1.82, 2.24) is 0 Å². The highest BCUT2D eigenvalue weighted by Gasteiger charge is 2.38. The van der Waals surface area contributed by atoms with E-state index in [1.165, 1.54) is 92.9 Å². The molecule has 3 aliphatic rings. The van der Waals surface area contributed by atoms with Crippen molar-refractivity contribution in [2.45, 2.75) is 76.5 Å². The van der Waals surface area contributed by atoms with E-state index in [1.807, 2.05) is 0 Å². The number of benzene rings is 7. The highest BCUT2D eigenvalue weighted by molar-refractivity contribution is 6.11. The predicted octanol–water partition coefficient (Wildman–Crippen LogP) is 15.4. The molecule has 7 aromatic carbocycles. The van der Waals surface area contributed by atoms with E-state index in [-0.39, 0.29) is 10.8 Å². The molecule has 56 heavy (non-hydrogen) atoms. The Morgan fingerprint density at radius 3 is 1.57 bits per heavy atom. The third-order valence-electron chi connectivity index (χ3n) is 13.7. The first-order valence-electron chi connectivity index (χ1n) is 20.6. The average molecular weight is 726 g/mol. The summed E-state index contributed by atoms with van der Waals surface area (Å²) in [5.74, 6) is 0.560. The van der Waals surface area contributed by atoms with Gasteiger partial charge in [0.1, 0.15) is 11.2 Å². The van der Waals surface area contributed by atoms with Crippen molar-refractivity contribution in [3.05, 3.63) is 173 Å². The van der Waals surface area contributed by atoms with Crippen molar-refractivity contribution in [3.8, 4) is 33.4 Å². The minimum absolute atomic E-state index is 0.120. The highest BCUT2D eigenvalue weighted by atomic mass is 16.3. The van der Waals surface area contributed by atoms with Crippen molar-refractivity contribution in [2.24, 2.45) is 0 Å². The number of anilines is 3. The molecule has 0 atom stereocenters. The molecule has 11 rings (SSSR count). The number of nitrogens with zero attached hydrogens (tertiary/aromatic N) is 1. The quantitative estimate of drug-likeness (QED) is 0.176. The number of hydrogen-bond acceptors (Lipinski definition) is 2. The van der Waals surface area contributed by atoms with Gasteiger partial charge in [0.25, 0.3) is 0 Å². The van der Waals surface area contributed by atoms with Crippen LogP contribution in [0, 0.1) is 0 Å². The average Bonchev–Trinajstić information content (AvgIpc) is 3.81. The van der Waals surface area contributed by atoms with Gasteiger partial charge in [0.15, 0.2) is 0 Å². The first kappa shape index (κ1) is 33.5. The summed E-state index contributed by atoms with van der Waals surface area (Å²) >= 11 is 0. The molecular formula is C54H47NO. The van der Waals surface area contributed by atoms with Crippen LogP contribution in [0.4, 0.5) is 17.1 Å². The zero-order chi connectivity index (χ0) is 37.8. The van der Waals surface area contributed by atoms with Crippen molar-refractivity contribution >= 4 is 39.0 Å². The van der Waals surface area contributed by atoms with Crippen LogP contribution in [0.2, 0.25) is 0 Å². The fraction of sp³-hybridized carbons (Fsp3) is 0.222. The van der Waals surface area contributed by atoms with Crippen molar-refractivity contribution in [1.29, 1.82) is 0 Å². The number of fused-ring (bicyclic) bond motifs is 9. The molecule has 0 amide bonds. The van der Waals surface area contributed by atoms with Gasteiger partial charge in [0.2, 0.25) is 0 Å². The molecular weight excluding hydrogens is 679 g/mol. The van der Waals surface area contributed by atoms with E-state index >= 15 is 0 Å². The minimum atomic E-state index is -0.120. The molecule has 0 spiro atoms. The Labute approximate surface area is 330 Å². The van der Waals surface area contributed by atoms with E-state index in [0.717, 1.165) is 39.4 Å². The first-order valence-corrected chi connectivity index (χ1v) is 20.6. The van der Waals surface area contributed by atoms with Gasteiger partial charge in [-0.1, -0.05) is 162 Å². The largest absolute Gasteiger partial charge is 0.455 e. The summed E-state index contributed by atoms with van der Waals surface area (Å²) in [5.41, 5.74) is 19.7. The summed E-state index contributed by atoms with van der Waals surface area (Å²) in [6.45, 7) is 9.49. The Morgan fingerprint density at radius 2 is 0.946 bits per heavy atom. The molecule has 0 radical (unpaired) electrons. The van der Waals surface area contributed by atoms with Gasteiger partial charge in [-0.3, -0.25) is 0 Å². The zero-order valence-electron chi connectivity index (χ0n) is 32.8. The van der Waals surface area contributed by atoms with Crippen LogP contribution in [0.1, 0.15) is 93.5 Å². The zero-order valence-corrected chi connectivity index (χ0v) is 32.8. The lowest BCUT2D eigenvalue weighted by molar-refractivity contribution is 0.442. The van der Waals surface area contributed by atoms with Crippen molar-refractivity contribution in [2.75, 3.05) is 4.90 Å². The minimum Gasteiger partial charge on any atom is -0.455 e. The molecule has 1 fully saturated rings. The van der Waals surface area contributed by atoms with Crippen LogP contribution in [-0.4, -0.2) is 0 Å². The fourth-order valence-corrected chi connectivity index (χ4v) is 10.8. The van der Waals surface area contributed by atoms with E-state index in [9.17, 15) is 0 Å². The third-order valence-corrected chi connectivity index (χ3v) is 13.7. The summed E-state index contributed by atoms with van der Waals surface area (Å²) in [5, 5.41) is 2.41. The molecule has 0 bridgehead atoms. The van der Waals surface area contributed by atoms with Gasteiger partial charge < -0.3 is 9.32 Å². The second kappa shape index (κ2) is 12.3. The molecule has 1 heterocycles. The van der Waals surface area contributed by atoms with Crippen molar-refractivity contribution in [3.63, 3.8) is 0 Å². The van der Waals surface area contributed by atoms with Gasteiger partial charge in [-0.15, -0.1) is 0 Å². The number of furan rings is 1. The van der Waals surface area contributed by atoms with Crippen LogP contribution in [-0.2, 0) is 10.8 Å². The lowest BCUT2D eigenvalue weighted by Crippen LogP contribution is -2.18. The molecule has 0 saturated heterocycles. The van der Waals surface area contributed by atoms with E-state index in [2.05, 4.69) is 178 Å². The molecule has 274 valence electrons. The van der Waals surface area contributed by atoms with Crippen LogP contribution < -0.4 is 4.90 Å². The molecule has 2 heteroatoms. The summed E-state index contributed by atoms with van der Waals surface area (Å²) in [7, 11) is 0. The van der Waals surface area contributed by atoms with E-state index < -0.39 is 0 Å². The first-order chi connectivity index (χ1) is 27.3. The monoisotopic (exact) mass is 725 g/mol. The van der Waals surface area contributed by atoms with E-state index in [4.69, 9.17) is 4.42 Å². The fourth-order valence-electron chi connectivity index (χ4n) is 10.8. The van der Waals surface area contributed by atoms with Gasteiger partial charge in [-0.25, -0.2) is 0 Å². The summed E-state index contributed by atoms with van der Waals surface area (Å²) in [6.07, 6.45) is 6.42. The topological polar surface area (TPSA) is 16.4 Å². The molecule has 1 saturated carbocycles. The molecule has 0 unspecified atom stereocenters. The van der Waals surface area contributed by atoms with Gasteiger partial charge in [-0.2, -0.15) is 0 Å². The smallest absolute Gasteiger partial charge is 0.143 e. The van der Waals surface area contributed by atoms with Crippen LogP contribution in [0.3, 0.4) is 0 Å². The molecule has 3 aliphatic carbocycles. The standard InChI is InChI=1S/C54H47NO/c1-53(2)46-25-11-8-18-38(46)40-30-28-35(32-48(40)53)55(36-29-31-41-39-19-9-12-26-47(39)54(3,4)49(41)33-36)50-27-13-10-20-42(50)43-22-15-24-45-44-23-14-21-37(51(44)56-52(43)45)34-16-6-5-7-17-34/h8-15,18-34H,5-7,16-17H2,1-4H3. The SMILES string of the molecule is CC1(C)c2ccccc2-c2ccc(N(c3ccc4c(c3)C(C)(C)c3ccccc3-4)c3ccccc3-c3cccc4c3oc3c(C5CCCCC5)cccc34)cc21. The highest BCUT2D eigenvalue weighted by Crippen LogP contribution is 2.54. The second-order valence-electron chi connectivity index (χ2n) is 17.5. The summed E-state index contributed by atoms with van der Waals surface area (Å²) in [4.78, 5) is 2.50. The maximum Gasteiger partial charge on any atom is 0.143 e. The molecule has 0 aliphatic heterocycles. The molecule has 0 N–H and O–H groups in total. The van der Waals surface area contributed by atoms with Crippen LogP contribution >= 0.6 is 0 Å². The van der Waals surface area contributed by atoms with E-state index in [1.54, 1.807) is 0 Å². The van der Waals surface area contributed by atoms with Gasteiger partial charge in [0.05, 0.1) is 5.69 Å². The van der Waals surface area contributed by atoms with Crippen LogP contribution in [0.25, 0.3) is 55.3 Å². The second-order valence-corrected chi connectivity index (χ2v) is 17.5.